The second kappa shape index (κ2) is 10.5. The molecule has 0 aliphatic heterocycles. The molecule has 0 radical (unpaired) electrons. The molecule has 10 heteroatoms. The zero-order chi connectivity index (χ0) is 23.2. The van der Waals surface area contributed by atoms with E-state index in [0.717, 1.165) is 0 Å². The summed E-state index contributed by atoms with van der Waals surface area (Å²) in [6.07, 6.45) is -0.340. The molecule has 2 aromatic rings. The average Bonchev–Trinajstić information content (AvgIpc) is 2.68. The fourth-order valence-electron chi connectivity index (χ4n) is 2.86. The summed E-state index contributed by atoms with van der Waals surface area (Å²) in [5, 5.41) is 5.56. The van der Waals surface area contributed by atoms with Gasteiger partial charge in [0, 0.05) is 10.7 Å². The number of benzene rings is 2. The molecular weight excluding hydrogens is 442 g/mol. The van der Waals surface area contributed by atoms with E-state index >= 15 is 0 Å². The molecule has 0 aromatic heterocycles. The van der Waals surface area contributed by atoms with E-state index < -0.39 is 28.1 Å². The Kier molecular flexibility index (Phi) is 8.29. The van der Waals surface area contributed by atoms with E-state index in [9.17, 15) is 18.0 Å². The Morgan fingerprint density at radius 1 is 1.10 bits per heavy atom. The molecule has 2 aromatic carbocycles. The van der Waals surface area contributed by atoms with Gasteiger partial charge in [0.15, 0.2) is 0 Å². The monoisotopic (exact) mass is 467 g/mol. The molecule has 0 saturated carbocycles. The molecule has 8 nitrogen and oxygen atoms in total. The Bertz CT molecular complexity index is 1060. The predicted octanol–water partition coefficient (Wildman–Crippen LogP) is 4.16. The van der Waals surface area contributed by atoms with Gasteiger partial charge in [-0.1, -0.05) is 37.6 Å². The molecule has 2 amide bonds. The van der Waals surface area contributed by atoms with E-state index in [-0.39, 0.29) is 16.5 Å². The van der Waals surface area contributed by atoms with Gasteiger partial charge in [-0.05, 0) is 55.2 Å². The molecule has 0 spiro atoms. The molecule has 1 atom stereocenters. The average molecular weight is 468 g/mol. The third-order valence-corrected chi connectivity index (χ3v) is 6.08. The number of alkyl carbamates (subject to hydrolysis) is 1. The highest BCUT2D eigenvalue weighted by atomic mass is 35.5. The summed E-state index contributed by atoms with van der Waals surface area (Å²) in [5.41, 5.74) is 1.10. The number of hydrogen-bond acceptors (Lipinski definition) is 5. The Hall–Kier alpha value is -2.78. The number of amides is 2. The second-order valence-corrected chi connectivity index (χ2v) is 9.49. The van der Waals surface area contributed by atoms with Crippen LogP contribution in [0.1, 0.15) is 25.8 Å². The van der Waals surface area contributed by atoms with Crippen molar-refractivity contribution in [3.8, 4) is 0 Å². The maximum atomic E-state index is 12.9. The molecule has 168 valence electrons. The van der Waals surface area contributed by atoms with E-state index in [1.165, 1.54) is 19.2 Å². The van der Waals surface area contributed by atoms with Crippen LogP contribution in [0.3, 0.4) is 0 Å². The maximum absolute atomic E-state index is 12.9. The fourth-order valence-corrected chi connectivity index (χ4v) is 4.37. The van der Waals surface area contributed by atoms with E-state index in [1.807, 2.05) is 13.8 Å². The summed E-state index contributed by atoms with van der Waals surface area (Å²) in [5.74, 6) is -0.349. The highest BCUT2D eigenvalue weighted by molar-refractivity contribution is 7.92. The molecule has 0 fully saturated rings. The van der Waals surface area contributed by atoms with Crippen LogP contribution in [-0.4, -0.2) is 33.6 Å². The van der Waals surface area contributed by atoms with Crippen molar-refractivity contribution in [2.75, 3.05) is 17.1 Å². The molecule has 3 N–H and O–H groups in total. The first-order chi connectivity index (χ1) is 14.5. The van der Waals surface area contributed by atoms with Crippen molar-refractivity contribution >= 4 is 45.0 Å². The third-order valence-electron chi connectivity index (χ3n) is 4.32. The number of nitrogens with one attached hydrogen (secondary N) is 3. The van der Waals surface area contributed by atoms with Gasteiger partial charge in [0.1, 0.15) is 6.04 Å². The lowest BCUT2D eigenvalue weighted by Gasteiger charge is -2.20. The van der Waals surface area contributed by atoms with Crippen molar-refractivity contribution in [3.63, 3.8) is 0 Å². The van der Waals surface area contributed by atoms with Gasteiger partial charge in [0.2, 0.25) is 5.91 Å². The summed E-state index contributed by atoms with van der Waals surface area (Å²) in [4.78, 5) is 24.3. The van der Waals surface area contributed by atoms with Crippen LogP contribution in [0.25, 0.3) is 0 Å². The van der Waals surface area contributed by atoms with Gasteiger partial charge in [0.05, 0.1) is 17.7 Å². The number of hydrogen-bond donors (Lipinski definition) is 3. The van der Waals surface area contributed by atoms with Crippen molar-refractivity contribution in [1.29, 1.82) is 0 Å². The smallest absolute Gasteiger partial charge is 0.407 e. The van der Waals surface area contributed by atoms with Crippen LogP contribution in [0.5, 0.6) is 0 Å². The summed E-state index contributed by atoms with van der Waals surface area (Å²) >= 11 is 5.92. The number of ether oxygens (including phenoxy) is 1. The molecule has 0 heterocycles. The van der Waals surface area contributed by atoms with Gasteiger partial charge in [0.25, 0.3) is 10.0 Å². The zero-order valence-corrected chi connectivity index (χ0v) is 19.3. The van der Waals surface area contributed by atoms with Crippen LogP contribution in [-0.2, 0) is 19.6 Å². The molecule has 0 aliphatic rings. The van der Waals surface area contributed by atoms with Gasteiger partial charge in [-0.15, -0.1) is 0 Å². The maximum Gasteiger partial charge on any atom is 0.407 e. The number of sulfonamides is 1. The predicted molar refractivity (Wildman–Crippen MR) is 121 cm³/mol. The largest absolute Gasteiger partial charge is 0.453 e. The first-order valence-electron chi connectivity index (χ1n) is 9.56. The van der Waals surface area contributed by atoms with Crippen molar-refractivity contribution < 1.29 is 22.7 Å². The van der Waals surface area contributed by atoms with Gasteiger partial charge in [-0.2, -0.15) is 0 Å². The van der Waals surface area contributed by atoms with Crippen LogP contribution < -0.4 is 15.4 Å². The van der Waals surface area contributed by atoms with E-state index in [1.54, 1.807) is 37.3 Å². The lowest BCUT2D eigenvalue weighted by atomic mass is 10.0. The standard InChI is InChI=1S/C21H26ClN3O5S/c1-13(2)10-18(24-21(27)30-4)20(26)23-16-9-8-14(3)19(12-16)31(28,29)25-17-7-5-6-15(22)11-17/h5-9,11-13,18,25H,10H2,1-4H3,(H,23,26)(H,24,27). The highest BCUT2D eigenvalue weighted by Gasteiger charge is 2.24. The minimum absolute atomic E-state index is 0.00612. The molecule has 0 bridgehead atoms. The summed E-state index contributed by atoms with van der Waals surface area (Å²) in [6, 6.07) is 10.1. The van der Waals surface area contributed by atoms with Gasteiger partial charge in [-0.3, -0.25) is 9.52 Å². The lowest BCUT2D eigenvalue weighted by molar-refractivity contribution is -0.118. The number of rotatable bonds is 8. The highest BCUT2D eigenvalue weighted by Crippen LogP contribution is 2.24. The number of anilines is 2. The number of carbonyl (C=O) groups is 2. The van der Waals surface area contributed by atoms with Crippen molar-refractivity contribution in [1.82, 2.24) is 5.32 Å². The normalized spacial score (nSPS) is 12.2. The van der Waals surface area contributed by atoms with Gasteiger partial charge >= 0.3 is 6.09 Å². The third kappa shape index (κ3) is 7.15. The van der Waals surface area contributed by atoms with Crippen LogP contribution in [0.15, 0.2) is 47.4 Å². The van der Waals surface area contributed by atoms with E-state index in [0.29, 0.717) is 22.7 Å². The fraction of sp³-hybridized carbons (Fsp3) is 0.333. The Balaban J connectivity index is 2.26. The lowest BCUT2D eigenvalue weighted by Crippen LogP contribution is -2.44. The van der Waals surface area contributed by atoms with Crippen molar-refractivity contribution in [2.45, 2.75) is 38.1 Å². The topological polar surface area (TPSA) is 114 Å². The van der Waals surface area contributed by atoms with Gasteiger partial charge < -0.3 is 15.4 Å². The molecule has 1 unspecified atom stereocenters. The minimum atomic E-state index is -3.93. The first kappa shape index (κ1) is 24.5. The molecule has 0 aliphatic carbocycles. The quantitative estimate of drug-likeness (QED) is 0.539. The van der Waals surface area contributed by atoms with Crippen molar-refractivity contribution in [3.05, 3.63) is 53.1 Å². The van der Waals surface area contributed by atoms with Crippen LogP contribution >= 0.6 is 11.6 Å². The van der Waals surface area contributed by atoms with E-state index in [4.69, 9.17) is 11.6 Å². The summed E-state index contributed by atoms with van der Waals surface area (Å²) in [6.45, 7) is 5.48. The van der Waals surface area contributed by atoms with Crippen LogP contribution in [0.2, 0.25) is 5.02 Å². The minimum Gasteiger partial charge on any atom is -0.453 e. The Morgan fingerprint density at radius 2 is 1.81 bits per heavy atom. The summed E-state index contributed by atoms with van der Waals surface area (Å²) < 4.78 is 32.9. The molecule has 0 saturated heterocycles. The second-order valence-electron chi connectivity index (χ2n) is 7.40. The summed E-state index contributed by atoms with van der Waals surface area (Å²) in [7, 11) is -2.72. The Labute approximate surface area is 187 Å². The Morgan fingerprint density at radius 3 is 2.42 bits per heavy atom. The number of aryl methyl sites for hydroxylation is 1. The number of methoxy groups -OCH3 is 1. The number of halogens is 1. The molecule has 31 heavy (non-hydrogen) atoms. The van der Waals surface area contributed by atoms with Crippen LogP contribution in [0, 0.1) is 12.8 Å². The van der Waals surface area contributed by atoms with Crippen LogP contribution in [0.4, 0.5) is 16.2 Å². The zero-order valence-electron chi connectivity index (χ0n) is 17.7. The number of carbonyl (C=O) groups excluding carboxylic acids is 2. The first-order valence-corrected chi connectivity index (χ1v) is 11.4. The molecule has 2 rings (SSSR count). The SMILES string of the molecule is COC(=O)NC(CC(C)C)C(=O)Nc1ccc(C)c(S(=O)(=O)Nc2cccc(Cl)c2)c1. The van der Waals surface area contributed by atoms with Gasteiger partial charge in [-0.25, -0.2) is 13.2 Å². The van der Waals surface area contributed by atoms with E-state index in [2.05, 4.69) is 20.1 Å². The van der Waals surface area contributed by atoms with Crippen molar-refractivity contribution in [2.24, 2.45) is 5.92 Å². The molecular formula is C21H26ClN3O5S.